The second kappa shape index (κ2) is 7.11. The topological polar surface area (TPSA) is 62.4 Å². The Kier molecular flexibility index (Phi) is 5.45. The molecule has 1 saturated carbocycles. The predicted octanol–water partition coefficient (Wildman–Crippen LogP) is 1.62. The van der Waals surface area contributed by atoms with Crippen LogP contribution in [0.2, 0.25) is 0 Å². The fraction of sp³-hybridized carbons (Fsp3) is 0.917. The van der Waals surface area contributed by atoms with E-state index in [-0.39, 0.29) is 0 Å². The number of thioether (sulfide) groups is 1. The van der Waals surface area contributed by atoms with Crippen LogP contribution in [0.5, 0.6) is 0 Å². The summed E-state index contributed by atoms with van der Waals surface area (Å²) in [5, 5.41) is 3.46. The average Bonchev–Trinajstić information content (AvgIpc) is 2.40. The van der Waals surface area contributed by atoms with Crippen molar-refractivity contribution in [2.24, 2.45) is 10.8 Å². The summed E-state index contributed by atoms with van der Waals surface area (Å²) >= 11 is 2.03. The van der Waals surface area contributed by atoms with E-state index >= 15 is 0 Å². The van der Waals surface area contributed by atoms with E-state index in [0.717, 1.165) is 5.96 Å². The van der Waals surface area contributed by atoms with E-state index in [4.69, 9.17) is 10.8 Å². The Bertz CT molecular complexity index is 245. The zero-order valence-electron chi connectivity index (χ0n) is 10.5. The average molecular weight is 256 g/mol. The minimum atomic E-state index is 0.457. The smallest absolute Gasteiger partial charge is 0.206 e. The summed E-state index contributed by atoms with van der Waals surface area (Å²) in [4.78, 5) is 4.70. The number of guanidine groups is 1. The van der Waals surface area contributed by atoms with Gasteiger partial charge in [-0.1, -0.05) is 19.3 Å². The Morgan fingerprint density at radius 1 is 1.06 bits per heavy atom. The number of nitrogens with one attached hydrogen (secondary N) is 2. The molecule has 1 saturated heterocycles. The van der Waals surface area contributed by atoms with Gasteiger partial charge in [-0.25, -0.2) is 10.8 Å². The molecule has 17 heavy (non-hydrogen) atoms. The zero-order chi connectivity index (χ0) is 11.9. The maximum absolute atomic E-state index is 5.56. The largest absolute Gasteiger partial charge is 0.353 e. The second-order valence-corrected chi connectivity index (χ2v) is 6.17. The first-order chi connectivity index (χ1) is 8.38. The van der Waals surface area contributed by atoms with Crippen LogP contribution >= 0.6 is 11.8 Å². The molecule has 2 aliphatic rings. The molecular weight excluding hydrogens is 232 g/mol. The van der Waals surface area contributed by atoms with Crippen LogP contribution in [0, 0.1) is 0 Å². The van der Waals surface area contributed by atoms with E-state index in [1.54, 1.807) is 0 Å². The molecule has 1 heterocycles. The van der Waals surface area contributed by atoms with Gasteiger partial charge in [0.05, 0.1) is 6.04 Å². The van der Waals surface area contributed by atoms with Gasteiger partial charge in [0, 0.05) is 6.04 Å². The lowest BCUT2D eigenvalue weighted by atomic mass is 9.96. The minimum Gasteiger partial charge on any atom is -0.353 e. The molecule has 5 heteroatoms. The van der Waals surface area contributed by atoms with Crippen LogP contribution in [-0.4, -0.2) is 29.5 Å². The summed E-state index contributed by atoms with van der Waals surface area (Å²) in [6.07, 6.45) is 8.90. The fourth-order valence-electron chi connectivity index (χ4n) is 2.55. The Hall–Kier alpha value is -0.420. The molecule has 4 N–H and O–H groups in total. The van der Waals surface area contributed by atoms with Crippen molar-refractivity contribution in [2.75, 3.05) is 11.5 Å². The van der Waals surface area contributed by atoms with Crippen LogP contribution in [0.3, 0.4) is 0 Å². The van der Waals surface area contributed by atoms with Gasteiger partial charge < -0.3 is 5.32 Å². The Labute approximate surface area is 108 Å². The van der Waals surface area contributed by atoms with E-state index in [9.17, 15) is 0 Å². The standard InChI is InChI=1S/C12H24N4S/c13-16-12(14-10-4-2-1-3-5-10)15-11-6-8-17-9-7-11/h10-11H,1-9,13H2,(H2,14,15,16). The molecule has 0 aromatic carbocycles. The third-order valence-electron chi connectivity index (χ3n) is 3.59. The lowest BCUT2D eigenvalue weighted by Gasteiger charge is -2.25. The first-order valence-electron chi connectivity index (χ1n) is 6.77. The van der Waals surface area contributed by atoms with E-state index in [1.165, 1.54) is 56.5 Å². The molecule has 98 valence electrons. The van der Waals surface area contributed by atoms with Gasteiger partial charge in [-0.15, -0.1) is 0 Å². The van der Waals surface area contributed by atoms with E-state index in [1.807, 2.05) is 11.8 Å². The van der Waals surface area contributed by atoms with Crippen LogP contribution in [0.25, 0.3) is 0 Å². The van der Waals surface area contributed by atoms with Crippen molar-refractivity contribution in [3.63, 3.8) is 0 Å². The van der Waals surface area contributed by atoms with Crippen molar-refractivity contribution in [3.8, 4) is 0 Å². The number of nitrogens with two attached hydrogens (primary N) is 1. The zero-order valence-corrected chi connectivity index (χ0v) is 11.3. The lowest BCUT2D eigenvalue weighted by Crippen LogP contribution is -2.47. The van der Waals surface area contributed by atoms with Crippen LogP contribution in [0.1, 0.15) is 44.9 Å². The molecule has 1 aliphatic carbocycles. The maximum atomic E-state index is 5.56. The molecule has 1 aliphatic heterocycles. The maximum Gasteiger partial charge on any atom is 0.206 e. The molecule has 2 fully saturated rings. The molecule has 0 bridgehead atoms. The normalized spacial score (nSPS) is 24.6. The molecule has 0 radical (unpaired) electrons. The summed E-state index contributed by atoms with van der Waals surface area (Å²) in [6, 6.07) is 1.02. The minimum absolute atomic E-state index is 0.457. The highest BCUT2D eigenvalue weighted by Gasteiger charge is 2.17. The molecule has 0 spiro atoms. The summed E-state index contributed by atoms with van der Waals surface area (Å²) in [7, 11) is 0. The van der Waals surface area contributed by atoms with Crippen LogP contribution in [0.4, 0.5) is 0 Å². The Morgan fingerprint density at radius 2 is 1.76 bits per heavy atom. The summed E-state index contributed by atoms with van der Waals surface area (Å²) in [5.41, 5.74) is 2.73. The second-order valence-electron chi connectivity index (χ2n) is 4.94. The lowest BCUT2D eigenvalue weighted by molar-refractivity contribution is 0.409. The predicted molar refractivity (Wildman–Crippen MR) is 75.1 cm³/mol. The van der Waals surface area contributed by atoms with Gasteiger partial charge in [-0.05, 0) is 37.2 Å². The van der Waals surface area contributed by atoms with E-state index in [2.05, 4.69) is 10.7 Å². The van der Waals surface area contributed by atoms with Crippen molar-refractivity contribution in [1.29, 1.82) is 0 Å². The van der Waals surface area contributed by atoms with Crippen molar-refractivity contribution in [2.45, 2.75) is 57.0 Å². The Balaban J connectivity index is 1.83. The molecule has 0 unspecified atom stereocenters. The van der Waals surface area contributed by atoms with Gasteiger partial charge >= 0.3 is 0 Å². The van der Waals surface area contributed by atoms with Gasteiger partial charge in [0.25, 0.3) is 0 Å². The van der Waals surface area contributed by atoms with Crippen molar-refractivity contribution >= 4 is 17.7 Å². The number of hydrogen-bond acceptors (Lipinski definition) is 3. The van der Waals surface area contributed by atoms with Crippen molar-refractivity contribution < 1.29 is 0 Å². The molecular formula is C12H24N4S. The van der Waals surface area contributed by atoms with Gasteiger partial charge in [0.15, 0.2) is 0 Å². The third kappa shape index (κ3) is 4.39. The highest BCUT2D eigenvalue weighted by molar-refractivity contribution is 7.99. The number of rotatable bonds is 2. The first kappa shape index (κ1) is 13.0. The number of nitrogens with zero attached hydrogens (tertiary/aromatic N) is 1. The van der Waals surface area contributed by atoms with Crippen LogP contribution < -0.4 is 16.6 Å². The van der Waals surface area contributed by atoms with Gasteiger partial charge in [0.1, 0.15) is 0 Å². The van der Waals surface area contributed by atoms with E-state index < -0.39 is 0 Å². The van der Waals surface area contributed by atoms with E-state index in [0.29, 0.717) is 12.1 Å². The molecule has 2 rings (SSSR count). The number of hydrogen-bond donors (Lipinski definition) is 3. The summed E-state index contributed by atoms with van der Waals surface area (Å²) in [5.74, 6) is 8.82. The SMILES string of the molecule is NNC(=NC1CCSCC1)NC1CCCCC1. The Morgan fingerprint density at radius 3 is 2.41 bits per heavy atom. The van der Waals surface area contributed by atoms with Gasteiger partial charge in [-0.3, -0.25) is 5.43 Å². The van der Waals surface area contributed by atoms with Gasteiger partial charge in [-0.2, -0.15) is 11.8 Å². The first-order valence-corrected chi connectivity index (χ1v) is 7.92. The number of aliphatic imine (C=N–C) groups is 1. The fourth-order valence-corrected chi connectivity index (χ4v) is 3.63. The van der Waals surface area contributed by atoms with Gasteiger partial charge in [0.2, 0.25) is 5.96 Å². The quantitative estimate of drug-likeness (QED) is 0.304. The summed E-state index contributed by atoms with van der Waals surface area (Å²) in [6.45, 7) is 0. The molecule has 0 aromatic rings. The van der Waals surface area contributed by atoms with Crippen LogP contribution in [0.15, 0.2) is 4.99 Å². The third-order valence-corrected chi connectivity index (χ3v) is 4.63. The van der Waals surface area contributed by atoms with Crippen molar-refractivity contribution in [1.82, 2.24) is 10.7 Å². The highest BCUT2D eigenvalue weighted by Crippen LogP contribution is 2.20. The molecule has 0 aromatic heterocycles. The monoisotopic (exact) mass is 256 g/mol. The number of hydrazine groups is 1. The molecule has 0 amide bonds. The van der Waals surface area contributed by atoms with Crippen LogP contribution in [-0.2, 0) is 0 Å². The highest BCUT2D eigenvalue weighted by atomic mass is 32.2. The van der Waals surface area contributed by atoms with Crippen molar-refractivity contribution in [3.05, 3.63) is 0 Å². The molecule has 4 nitrogen and oxygen atoms in total. The molecule has 0 atom stereocenters. The summed E-state index contributed by atoms with van der Waals surface area (Å²) < 4.78 is 0.